The summed E-state index contributed by atoms with van der Waals surface area (Å²) in [6.07, 6.45) is 5.32. The van der Waals surface area contributed by atoms with Gasteiger partial charge < -0.3 is 4.90 Å². The first kappa shape index (κ1) is 8.12. The van der Waals surface area contributed by atoms with Gasteiger partial charge in [-0.25, -0.2) is 0 Å². The van der Waals surface area contributed by atoms with E-state index < -0.39 is 0 Å². The molecule has 0 atom stereocenters. The summed E-state index contributed by atoms with van der Waals surface area (Å²) in [5, 5.41) is 0. The van der Waals surface area contributed by atoms with Crippen molar-refractivity contribution in [2.75, 3.05) is 12.5 Å². The zero-order chi connectivity index (χ0) is 5.11. The molecule has 0 aliphatic carbocycles. The Morgan fingerprint density at radius 3 is 2.62 bits per heavy atom. The van der Waals surface area contributed by atoms with E-state index in [0.29, 0.717) is 6.00 Å². The first-order valence-corrected chi connectivity index (χ1v) is 2.93. The molecular formula is C5H9Cl2N. The van der Waals surface area contributed by atoms with Crippen molar-refractivity contribution in [2.45, 2.75) is 6.42 Å². The maximum atomic E-state index is 5.48. The van der Waals surface area contributed by atoms with Crippen molar-refractivity contribution < 1.29 is 0 Å². The molecule has 0 unspecified atom stereocenters. The van der Waals surface area contributed by atoms with E-state index in [0.717, 1.165) is 13.0 Å². The molecule has 48 valence electrons. The molecule has 0 radical (unpaired) electrons. The quantitative estimate of drug-likeness (QED) is 0.411. The van der Waals surface area contributed by atoms with Crippen LogP contribution in [0, 0.1) is 0 Å². The minimum atomic E-state index is 0. The predicted molar refractivity (Wildman–Crippen MR) is 38.4 cm³/mol. The van der Waals surface area contributed by atoms with Crippen LogP contribution in [0.1, 0.15) is 6.42 Å². The highest BCUT2D eigenvalue weighted by Crippen LogP contribution is 2.03. The molecule has 1 nitrogen and oxygen atoms in total. The molecule has 8 heavy (non-hydrogen) atoms. The molecule has 1 aliphatic heterocycles. The van der Waals surface area contributed by atoms with Gasteiger partial charge in [-0.2, -0.15) is 0 Å². The Morgan fingerprint density at radius 2 is 2.38 bits per heavy atom. The Kier molecular flexibility index (Phi) is 4.11. The highest BCUT2D eigenvalue weighted by atomic mass is 35.5. The van der Waals surface area contributed by atoms with E-state index in [1.54, 1.807) is 0 Å². The van der Waals surface area contributed by atoms with Gasteiger partial charge >= 0.3 is 0 Å². The van der Waals surface area contributed by atoms with Crippen LogP contribution < -0.4 is 0 Å². The van der Waals surface area contributed by atoms with Crippen molar-refractivity contribution in [3.05, 3.63) is 12.3 Å². The van der Waals surface area contributed by atoms with Crippen LogP contribution in [0.15, 0.2) is 12.3 Å². The Bertz CT molecular complexity index is 82.5. The minimum absolute atomic E-state index is 0. The maximum Gasteiger partial charge on any atom is 0.0923 e. The maximum absolute atomic E-state index is 5.48. The van der Waals surface area contributed by atoms with Crippen molar-refractivity contribution in [1.82, 2.24) is 4.90 Å². The van der Waals surface area contributed by atoms with E-state index in [2.05, 4.69) is 11.0 Å². The normalized spacial score (nSPS) is 16.4. The highest BCUT2D eigenvalue weighted by molar-refractivity contribution is 6.17. The summed E-state index contributed by atoms with van der Waals surface area (Å²) >= 11 is 5.48. The molecule has 3 heteroatoms. The number of halogens is 2. The zero-order valence-corrected chi connectivity index (χ0v) is 6.08. The second-order valence-electron chi connectivity index (χ2n) is 1.61. The van der Waals surface area contributed by atoms with E-state index in [-0.39, 0.29) is 12.4 Å². The van der Waals surface area contributed by atoms with Gasteiger partial charge in [-0.15, -0.1) is 24.0 Å². The molecule has 0 N–H and O–H groups in total. The van der Waals surface area contributed by atoms with Gasteiger partial charge in [-0.05, 0) is 12.6 Å². The SMILES string of the molecule is Cl.ClCN1C=CCC1. The van der Waals surface area contributed by atoms with Crippen LogP contribution in [-0.4, -0.2) is 17.4 Å². The van der Waals surface area contributed by atoms with E-state index in [1.807, 2.05) is 6.20 Å². The first-order chi connectivity index (χ1) is 3.43. The molecule has 0 aromatic carbocycles. The van der Waals surface area contributed by atoms with Crippen LogP contribution in [0.2, 0.25) is 0 Å². The van der Waals surface area contributed by atoms with Crippen molar-refractivity contribution in [2.24, 2.45) is 0 Å². The van der Waals surface area contributed by atoms with Crippen LogP contribution in [0.3, 0.4) is 0 Å². The highest BCUT2D eigenvalue weighted by Gasteiger charge is 1.98. The molecule has 0 bridgehead atoms. The van der Waals surface area contributed by atoms with Crippen molar-refractivity contribution in [1.29, 1.82) is 0 Å². The number of hydrogen-bond acceptors (Lipinski definition) is 1. The smallest absolute Gasteiger partial charge is 0.0923 e. The third-order valence-electron chi connectivity index (χ3n) is 1.05. The summed E-state index contributed by atoms with van der Waals surface area (Å²) in [5.41, 5.74) is 0. The topological polar surface area (TPSA) is 3.24 Å². The van der Waals surface area contributed by atoms with Gasteiger partial charge in [-0.3, -0.25) is 0 Å². The van der Waals surface area contributed by atoms with Gasteiger partial charge in [0.1, 0.15) is 0 Å². The predicted octanol–water partition coefficient (Wildman–Crippen LogP) is 1.82. The Hall–Kier alpha value is 0.120. The molecular weight excluding hydrogens is 145 g/mol. The van der Waals surface area contributed by atoms with Gasteiger partial charge in [0, 0.05) is 6.54 Å². The van der Waals surface area contributed by atoms with Gasteiger partial charge in [0.25, 0.3) is 0 Å². The summed E-state index contributed by atoms with van der Waals surface area (Å²) in [6, 6.07) is 0.635. The molecule has 0 fully saturated rings. The second-order valence-corrected chi connectivity index (χ2v) is 1.84. The van der Waals surface area contributed by atoms with Crippen LogP contribution in [-0.2, 0) is 0 Å². The fourth-order valence-corrected chi connectivity index (χ4v) is 0.837. The largest absolute Gasteiger partial charge is 0.364 e. The Labute approximate surface area is 60.7 Å². The van der Waals surface area contributed by atoms with Crippen LogP contribution in [0.5, 0.6) is 0 Å². The fourth-order valence-electron chi connectivity index (χ4n) is 0.638. The molecule has 0 saturated heterocycles. The lowest BCUT2D eigenvalue weighted by atomic mass is 10.5. The number of nitrogens with zero attached hydrogens (tertiary/aromatic N) is 1. The van der Waals surface area contributed by atoms with Crippen molar-refractivity contribution >= 4 is 24.0 Å². The summed E-state index contributed by atoms with van der Waals surface area (Å²) < 4.78 is 0. The molecule has 0 aromatic heterocycles. The molecule has 0 spiro atoms. The summed E-state index contributed by atoms with van der Waals surface area (Å²) in [7, 11) is 0. The van der Waals surface area contributed by atoms with E-state index >= 15 is 0 Å². The van der Waals surface area contributed by atoms with Crippen LogP contribution in [0.4, 0.5) is 0 Å². The van der Waals surface area contributed by atoms with E-state index in [4.69, 9.17) is 11.6 Å². The number of rotatable bonds is 1. The van der Waals surface area contributed by atoms with Crippen LogP contribution >= 0.6 is 24.0 Å². The number of alkyl halides is 1. The molecule has 1 rings (SSSR count). The fraction of sp³-hybridized carbons (Fsp3) is 0.600. The molecule has 0 saturated carbocycles. The zero-order valence-electron chi connectivity index (χ0n) is 4.51. The van der Waals surface area contributed by atoms with Crippen molar-refractivity contribution in [3.63, 3.8) is 0 Å². The van der Waals surface area contributed by atoms with Gasteiger partial charge in [0.05, 0.1) is 6.00 Å². The van der Waals surface area contributed by atoms with Gasteiger partial charge in [0.15, 0.2) is 0 Å². The van der Waals surface area contributed by atoms with E-state index in [9.17, 15) is 0 Å². The second kappa shape index (κ2) is 4.04. The Balaban J connectivity index is 0.000000490. The third kappa shape index (κ3) is 1.93. The molecule has 1 aliphatic rings. The monoisotopic (exact) mass is 153 g/mol. The van der Waals surface area contributed by atoms with Gasteiger partial charge in [-0.1, -0.05) is 6.08 Å². The van der Waals surface area contributed by atoms with Gasteiger partial charge in [0.2, 0.25) is 0 Å². The lowest BCUT2D eigenvalue weighted by Crippen LogP contribution is -2.10. The summed E-state index contributed by atoms with van der Waals surface area (Å²) in [4.78, 5) is 2.07. The first-order valence-electron chi connectivity index (χ1n) is 2.40. The summed E-state index contributed by atoms with van der Waals surface area (Å²) in [6.45, 7) is 1.10. The van der Waals surface area contributed by atoms with E-state index in [1.165, 1.54) is 0 Å². The lowest BCUT2D eigenvalue weighted by molar-refractivity contribution is 0.473. The lowest BCUT2D eigenvalue weighted by Gasteiger charge is -2.07. The summed E-state index contributed by atoms with van der Waals surface area (Å²) in [5.74, 6) is 0. The number of hydrogen-bond donors (Lipinski definition) is 0. The standard InChI is InChI=1S/C5H8ClN.ClH/c6-5-7-3-1-2-4-7;/h1,3H,2,4-5H2;1H. The molecule has 0 amide bonds. The molecule has 1 heterocycles. The Morgan fingerprint density at radius 1 is 1.62 bits per heavy atom. The van der Waals surface area contributed by atoms with Crippen molar-refractivity contribution in [3.8, 4) is 0 Å². The average Bonchev–Trinajstić information content (AvgIpc) is 2.14. The average molecular weight is 154 g/mol. The van der Waals surface area contributed by atoms with Crippen LogP contribution in [0.25, 0.3) is 0 Å². The minimum Gasteiger partial charge on any atom is -0.364 e. The third-order valence-corrected chi connectivity index (χ3v) is 1.36. The molecule has 0 aromatic rings.